The highest BCUT2D eigenvalue weighted by atomic mass is 35.5. The first-order valence-electron chi connectivity index (χ1n) is 9.21. The van der Waals surface area contributed by atoms with Gasteiger partial charge in [0.1, 0.15) is 11.5 Å². The Kier molecular flexibility index (Phi) is 5.28. The van der Waals surface area contributed by atoms with Crippen LogP contribution in [-0.2, 0) is 17.1 Å². The molecule has 0 bridgehead atoms. The average Bonchev–Trinajstić information content (AvgIpc) is 3.48. The molecule has 1 fully saturated rings. The minimum absolute atomic E-state index is 0.228. The lowest BCUT2D eigenvalue weighted by Gasteiger charge is -2.10. The van der Waals surface area contributed by atoms with Gasteiger partial charge in [0.2, 0.25) is 16.0 Å². The summed E-state index contributed by atoms with van der Waals surface area (Å²) in [7, 11) is -1.60. The number of aromatic nitrogens is 4. The summed E-state index contributed by atoms with van der Waals surface area (Å²) in [6.45, 7) is 2.39. The third kappa shape index (κ3) is 4.42. The molecule has 0 atom stereocenters. The molecule has 10 heteroatoms. The average molecular weight is 433 g/mol. The van der Waals surface area contributed by atoms with Crippen LogP contribution in [0, 0.1) is 12.8 Å². The first-order valence-corrected chi connectivity index (χ1v) is 11.1. The number of hydrogen-bond acceptors (Lipinski definition) is 6. The Labute approximate surface area is 174 Å². The first-order chi connectivity index (χ1) is 13.8. The van der Waals surface area contributed by atoms with Crippen molar-refractivity contribution >= 4 is 33.3 Å². The van der Waals surface area contributed by atoms with Crippen molar-refractivity contribution in [1.29, 1.82) is 0 Å². The fourth-order valence-electron chi connectivity index (χ4n) is 2.81. The quantitative estimate of drug-likeness (QED) is 0.594. The molecule has 0 spiro atoms. The second-order valence-corrected chi connectivity index (χ2v) is 9.26. The Morgan fingerprint density at radius 1 is 1.17 bits per heavy atom. The standard InChI is InChI=1S/C19H21ClN6O2S/c1-12-21-11-17(26(12)2)18-16(20)10-22-19(25-18)24-14-5-7-15(8-6-14)29(27,28)23-9-13-3-4-13/h5-8,10-11,13,23H,3-4,9H2,1-2H3,(H,22,24,25). The molecule has 2 heterocycles. The van der Waals surface area contributed by atoms with Crippen molar-refractivity contribution in [2.75, 3.05) is 11.9 Å². The smallest absolute Gasteiger partial charge is 0.240 e. The summed E-state index contributed by atoms with van der Waals surface area (Å²) in [4.78, 5) is 13.2. The maximum atomic E-state index is 12.3. The summed E-state index contributed by atoms with van der Waals surface area (Å²) >= 11 is 6.27. The second-order valence-electron chi connectivity index (χ2n) is 7.08. The van der Waals surface area contributed by atoms with E-state index < -0.39 is 10.0 Å². The molecule has 0 unspecified atom stereocenters. The van der Waals surface area contributed by atoms with Gasteiger partial charge in [-0.15, -0.1) is 0 Å². The van der Waals surface area contributed by atoms with E-state index in [2.05, 4.69) is 25.0 Å². The maximum Gasteiger partial charge on any atom is 0.240 e. The number of imidazole rings is 1. The van der Waals surface area contributed by atoms with Gasteiger partial charge in [0.15, 0.2) is 0 Å². The summed E-state index contributed by atoms with van der Waals surface area (Å²) in [5.74, 6) is 1.67. The van der Waals surface area contributed by atoms with Crippen LogP contribution in [0.15, 0.2) is 41.6 Å². The largest absolute Gasteiger partial charge is 0.330 e. The van der Waals surface area contributed by atoms with Crippen LogP contribution in [-0.4, -0.2) is 34.5 Å². The van der Waals surface area contributed by atoms with E-state index in [-0.39, 0.29) is 4.90 Å². The number of rotatable bonds is 7. The Morgan fingerprint density at radius 2 is 1.90 bits per heavy atom. The second kappa shape index (κ2) is 7.74. The molecular weight excluding hydrogens is 412 g/mol. The number of nitrogens with zero attached hydrogens (tertiary/aromatic N) is 4. The third-order valence-electron chi connectivity index (χ3n) is 4.89. The minimum Gasteiger partial charge on any atom is -0.330 e. The van der Waals surface area contributed by atoms with Crippen molar-refractivity contribution in [3.63, 3.8) is 0 Å². The topological polar surface area (TPSA) is 102 Å². The van der Waals surface area contributed by atoms with E-state index in [1.165, 1.54) is 6.20 Å². The number of sulfonamides is 1. The zero-order valence-corrected chi connectivity index (χ0v) is 17.6. The van der Waals surface area contributed by atoms with Crippen LogP contribution < -0.4 is 10.0 Å². The fraction of sp³-hybridized carbons (Fsp3) is 0.316. The Bertz CT molecular complexity index is 1140. The van der Waals surface area contributed by atoms with Crippen molar-refractivity contribution < 1.29 is 8.42 Å². The lowest BCUT2D eigenvalue weighted by atomic mass is 10.3. The third-order valence-corrected chi connectivity index (χ3v) is 6.60. The zero-order chi connectivity index (χ0) is 20.6. The predicted molar refractivity (Wildman–Crippen MR) is 112 cm³/mol. The fourth-order valence-corrected chi connectivity index (χ4v) is 4.11. The van der Waals surface area contributed by atoms with Crippen LogP contribution in [0.5, 0.6) is 0 Å². The summed E-state index contributed by atoms with van der Waals surface area (Å²) in [5, 5.41) is 3.50. The van der Waals surface area contributed by atoms with Crippen molar-refractivity contribution in [2.45, 2.75) is 24.7 Å². The molecule has 4 rings (SSSR count). The normalized spacial score (nSPS) is 14.2. The summed E-state index contributed by atoms with van der Waals surface area (Å²) in [6.07, 6.45) is 5.41. The lowest BCUT2D eigenvalue weighted by Crippen LogP contribution is -2.25. The van der Waals surface area contributed by atoms with E-state index in [1.54, 1.807) is 30.5 Å². The number of hydrogen-bond donors (Lipinski definition) is 2. The number of benzene rings is 1. The minimum atomic E-state index is -3.49. The van der Waals surface area contributed by atoms with E-state index in [0.29, 0.717) is 34.8 Å². The number of anilines is 2. The molecule has 29 heavy (non-hydrogen) atoms. The van der Waals surface area contributed by atoms with Crippen molar-refractivity contribution in [3.05, 3.63) is 47.5 Å². The van der Waals surface area contributed by atoms with Crippen LogP contribution in [0.1, 0.15) is 18.7 Å². The van der Waals surface area contributed by atoms with E-state index in [4.69, 9.17) is 11.6 Å². The van der Waals surface area contributed by atoms with Gasteiger partial charge in [-0.2, -0.15) is 0 Å². The molecule has 0 amide bonds. The van der Waals surface area contributed by atoms with E-state index in [1.807, 2.05) is 18.5 Å². The van der Waals surface area contributed by atoms with Gasteiger partial charge in [-0.05, 0) is 49.9 Å². The van der Waals surface area contributed by atoms with Gasteiger partial charge in [0.25, 0.3) is 0 Å². The highest BCUT2D eigenvalue weighted by Crippen LogP contribution is 2.29. The Morgan fingerprint density at radius 3 is 2.52 bits per heavy atom. The van der Waals surface area contributed by atoms with Gasteiger partial charge in [0.05, 0.1) is 28.0 Å². The van der Waals surface area contributed by atoms with Crippen LogP contribution in [0.4, 0.5) is 11.6 Å². The van der Waals surface area contributed by atoms with Gasteiger partial charge in [-0.1, -0.05) is 11.6 Å². The lowest BCUT2D eigenvalue weighted by molar-refractivity contribution is 0.577. The van der Waals surface area contributed by atoms with E-state index in [0.717, 1.165) is 24.4 Å². The van der Waals surface area contributed by atoms with E-state index in [9.17, 15) is 8.42 Å². The molecule has 1 aliphatic rings. The highest BCUT2D eigenvalue weighted by molar-refractivity contribution is 7.89. The van der Waals surface area contributed by atoms with Crippen LogP contribution in [0.2, 0.25) is 5.02 Å². The molecule has 1 aliphatic carbocycles. The molecule has 3 aromatic rings. The molecule has 0 aliphatic heterocycles. The van der Waals surface area contributed by atoms with Crippen molar-refractivity contribution in [1.82, 2.24) is 24.2 Å². The van der Waals surface area contributed by atoms with Gasteiger partial charge < -0.3 is 9.88 Å². The summed E-state index contributed by atoms with van der Waals surface area (Å²) in [5.41, 5.74) is 2.01. The molecule has 8 nitrogen and oxygen atoms in total. The van der Waals surface area contributed by atoms with Gasteiger partial charge in [-0.25, -0.2) is 28.1 Å². The van der Waals surface area contributed by atoms with E-state index >= 15 is 0 Å². The molecule has 0 saturated heterocycles. The van der Waals surface area contributed by atoms with Crippen LogP contribution in [0.25, 0.3) is 11.4 Å². The predicted octanol–water partition coefficient (Wildman–Crippen LogP) is 3.27. The number of nitrogens with one attached hydrogen (secondary N) is 2. The van der Waals surface area contributed by atoms with Gasteiger partial charge in [-0.3, -0.25) is 0 Å². The SMILES string of the molecule is Cc1ncc(-c2nc(Nc3ccc(S(=O)(=O)NCC4CC4)cc3)ncc2Cl)n1C. The molecule has 1 saturated carbocycles. The van der Waals surface area contributed by atoms with Gasteiger partial charge in [0, 0.05) is 19.3 Å². The molecule has 2 aromatic heterocycles. The van der Waals surface area contributed by atoms with Gasteiger partial charge >= 0.3 is 0 Å². The first kappa shape index (κ1) is 19.8. The molecule has 2 N–H and O–H groups in total. The molecule has 152 valence electrons. The summed E-state index contributed by atoms with van der Waals surface area (Å²) in [6, 6.07) is 6.47. The van der Waals surface area contributed by atoms with Crippen molar-refractivity contribution in [2.24, 2.45) is 13.0 Å². The molecular formula is C19H21ClN6O2S. The maximum absolute atomic E-state index is 12.3. The number of aryl methyl sites for hydroxylation is 1. The Hall–Kier alpha value is -2.49. The van der Waals surface area contributed by atoms with Crippen molar-refractivity contribution in [3.8, 4) is 11.4 Å². The molecule has 1 aromatic carbocycles. The molecule has 0 radical (unpaired) electrons. The van der Waals surface area contributed by atoms with Crippen LogP contribution in [0.3, 0.4) is 0 Å². The Balaban J connectivity index is 1.52. The summed E-state index contributed by atoms with van der Waals surface area (Å²) < 4.78 is 29.2. The van der Waals surface area contributed by atoms with Crippen LogP contribution >= 0.6 is 11.6 Å². The highest BCUT2D eigenvalue weighted by Gasteiger charge is 2.24. The monoisotopic (exact) mass is 432 g/mol. The number of halogens is 1. The zero-order valence-electron chi connectivity index (χ0n) is 16.1.